The highest BCUT2D eigenvalue weighted by molar-refractivity contribution is 7.99. The molecule has 0 spiro atoms. The summed E-state index contributed by atoms with van der Waals surface area (Å²) in [6.07, 6.45) is 3.00. The first kappa shape index (κ1) is 15.9. The van der Waals surface area contributed by atoms with E-state index in [0.29, 0.717) is 12.2 Å². The van der Waals surface area contributed by atoms with Crippen molar-refractivity contribution >= 4 is 35.1 Å². The number of rotatable bonds is 6. The van der Waals surface area contributed by atoms with Gasteiger partial charge in [-0.3, -0.25) is 4.79 Å². The van der Waals surface area contributed by atoms with Crippen LogP contribution in [-0.2, 0) is 4.79 Å². The van der Waals surface area contributed by atoms with E-state index in [1.54, 1.807) is 18.0 Å². The Bertz CT molecular complexity index is 601. The molecule has 2 aromatic rings. The van der Waals surface area contributed by atoms with Crippen LogP contribution in [0.15, 0.2) is 47.5 Å². The number of nitrogens with one attached hydrogen (secondary N) is 1. The maximum Gasteiger partial charge on any atom is 0.225 e. The number of aromatic nitrogens is 1. The van der Waals surface area contributed by atoms with Crippen molar-refractivity contribution in [3.8, 4) is 0 Å². The highest BCUT2D eigenvalue weighted by Gasteiger charge is 2.05. The van der Waals surface area contributed by atoms with Crippen LogP contribution in [0.3, 0.4) is 0 Å². The number of hydrogen-bond donors (Lipinski definition) is 1. The minimum Gasteiger partial charge on any atom is -0.310 e. The zero-order valence-electron chi connectivity index (χ0n) is 11.8. The number of nitrogens with zero attached hydrogens (tertiary/aromatic N) is 1. The van der Waals surface area contributed by atoms with E-state index in [0.717, 1.165) is 22.8 Å². The van der Waals surface area contributed by atoms with E-state index < -0.39 is 0 Å². The fraction of sp³-hybridized carbons (Fsp3) is 0.250. The van der Waals surface area contributed by atoms with Crippen molar-refractivity contribution in [3.63, 3.8) is 0 Å². The van der Waals surface area contributed by atoms with Gasteiger partial charge in [0, 0.05) is 22.5 Å². The first-order valence-electron chi connectivity index (χ1n) is 6.75. The van der Waals surface area contributed by atoms with E-state index in [4.69, 9.17) is 11.6 Å². The van der Waals surface area contributed by atoms with Crippen LogP contribution in [-0.4, -0.2) is 16.6 Å². The highest BCUT2D eigenvalue weighted by Crippen LogP contribution is 2.21. The lowest BCUT2D eigenvalue weighted by Crippen LogP contribution is -2.13. The third-order valence-electron chi connectivity index (χ3n) is 2.90. The smallest absolute Gasteiger partial charge is 0.225 e. The molecule has 0 fully saturated rings. The Balaban J connectivity index is 1.70. The minimum atomic E-state index is 0.00788. The molecular formula is C16H17ClN2OS. The normalized spacial score (nSPS) is 10.4. The molecule has 0 aliphatic rings. The van der Waals surface area contributed by atoms with E-state index in [1.165, 1.54) is 4.90 Å². The first-order chi connectivity index (χ1) is 10.1. The van der Waals surface area contributed by atoms with Crippen molar-refractivity contribution in [1.82, 2.24) is 4.98 Å². The first-order valence-corrected chi connectivity index (χ1v) is 8.11. The van der Waals surface area contributed by atoms with E-state index in [9.17, 15) is 4.79 Å². The lowest BCUT2D eigenvalue weighted by molar-refractivity contribution is -0.116. The van der Waals surface area contributed by atoms with Gasteiger partial charge in [-0.15, -0.1) is 11.8 Å². The van der Waals surface area contributed by atoms with Gasteiger partial charge in [0.2, 0.25) is 5.91 Å². The second-order valence-corrected chi connectivity index (χ2v) is 6.23. The second-order valence-electron chi connectivity index (χ2n) is 4.62. The lowest BCUT2D eigenvalue weighted by atomic mass is 10.2. The van der Waals surface area contributed by atoms with Gasteiger partial charge in [-0.2, -0.15) is 0 Å². The molecule has 1 aromatic carbocycles. The average molecular weight is 321 g/mol. The number of carbonyl (C=O) groups is 1. The van der Waals surface area contributed by atoms with Crippen molar-refractivity contribution in [2.45, 2.75) is 24.7 Å². The molecule has 0 unspecified atom stereocenters. The number of halogens is 1. The fourth-order valence-electron chi connectivity index (χ4n) is 1.76. The molecule has 21 heavy (non-hydrogen) atoms. The van der Waals surface area contributed by atoms with Crippen LogP contribution in [0.4, 0.5) is 5.82 Å². The molecule has 1 N–H and O–H groups in total. The molecule has 0 aliphatic carbocycles. The van der Waals surface area contributed by atoms with Crippen LogP contribution < -0.4 is 5.32 Å². The Morgan fingerprint density at radius 3 is 2.76 bits per heavy atom. The van der Waals surface area contributed by atoms with E-state index in [-0.39, 0.29) is 5.91 Å². The predicted molar refractivity (Wildman–Crippen MR) is 89.0 cm³/mol. The fourth-order valence-corrected chi connectivity index (χ4v) is 2.74. The van der Waals surface area contributed by atoms with Crippen molar-refractivity contribution in [3.05, 3.63) is 53.2 Å². The molecule has 1 aromatic heterocycles. The van der Waals surface area contributed by atoms with Crippen LogP contribution in [0.2, 0.25) is 5.02 Å². The number of thioether (sulfide) groups is 1. The zero-order chi connectivity index (χ0) is 15.1. The predicted octanol–water partition coefficient (Wildman–Crippen LogP) is 4.55. The van der Waals surface area contributed by atoms with Gasteiger partial charge in [-0.25, -0.2) is 4.98 Å². The van der Waals surface area contributed by atoms with Gasteiger partial charge in [0.05, 0.1) is 0 Å². The van der Waals surface area contributed by atoms with Gasteiger partial charge in [-0.1, -0.05) is 17.7 Å². The maximum atomic E-state index is 11.8. The van der Waals surface area contributed by atoms with Crippen LogP contribution in [0.25, 0.3) is 0 Å². The summed E-state index contributed by atoms with van der Waals surface area (Å²) in [7, 11) is 0. The largest absolute Gasteiger partial charge is 0.310 e. The Hall–Kier alpha value is -1.52. The van der Waals surface area contributed by atoms with Crippen LogP contribution in [0.1, 0.15) is 18.4 Å². The van der Waals surface area contributed by atoms with Gasteiger partial charge < -0.3 is 5.32 Å². The minimum absolute atomic E-state index is 0.00788. The summed E-state index contributed by atoms with van der Waals surface area (Å²) >= 11 is 7.56. The quantitative estimate of drug-likeness (QED) is 0.627. The molecule has 0 bridgehead atoms. The van der Waals surface area contributed by atoms with Gasteiger partial charge >= 0.3 is 0 Å². The Morgan fingerprint density at radius 2 is 2.05 bits per heavy atom. The summed E-state index contributed by atoms with van der Waals surface area (Å²) < 4.78 is 0. The summed E-state index contributed by atoms with van der Waals surface area (Å²) in [4.78, 5) is 17.2. The number of benzene rings is 1. The maximum absolute atomic E-state index is 11.8. The lowest BCUT2D eigenvalue weighted by Gasteiger charge is -2.06. The van der Waals surface area contributed by atoms with E-state index in [1.807, 2.05) is 43.3 Å². The second kappa shape index (κ2) is 8.05. The summed E-state index contributed by atoms with van der Waals surface area (Å²) in [5.74, 6) is 1.55. The summed E-state index contributed by atoms with van der Waals surface area (Å²) in [6, 6.07) is 11.5. The average Bonchev–Trinajstić information content (AvgIpc) is 2.48. The van der Waals surface area contributed by atoms with Crippen molar-refractivity contribution in [2.24, 2.45) is 0 Å². The monoisotopic (exact) mass is 320 g/mol. The number of pyridine rings is 1. The number of anilines is 1. The molecule has 1 heterocycles. The summed E-state index contributed by atoms with van der Waals surface area (Å²) in [5.41, 5.74) is 0.974. The molecule has 110 valence electrons. The van der Waals surface area contributed by atoms with Gasteiger partial charge in [-0.05, 0) is 55.0 Å². The van der Waals surface area contributed by atoms with Crippen LogP contribution >= 0.6 is 23.4 Å². The number of hydrogen-bond acceptors (Lipinski definition) is 3. The third kappa shape index (κ3) is 5.40. The zero-order valence-corrected chi connectivity index (χ0v) is 13.4. The Kier molecular flexibility index (Phi) is 6.08. The molecule has 2 rings (SSSR count). The van der Waals surface area contributed by atoms with Gasteiger partial charge in [0.1, 0.15) is 5.82 Å². The summed E-state index contributed by atoms with van der Waals surface area (Å²) in [5, 5.41) is 3.58. The van der Waals surface area contributed by atoms with Crippen molar-refractivity contribution in [1.29, 1.82) is 0 Å². The Labute approximate surface area is 134 Å². The van der Waals surface area contributed by atoms with Crippen molar-refractivity contribution < 1.29 is 4.79 Å². The number of aryl methyl sites for hydroxylation is 1. The number of carbonyl (C=O) groups excluding carboxylic acids is 1. The molecule has 0 aliphatic heterocycles. The molecular weight excluding hydrogens is 304 g/mol. The molecule has 1 amide bonds. The van der Waals surface area contributed by atoms with Gasteiger partial charge in [0.15, 0.2) is 0 Å². The molecule has 0 atom stereocenters. The van der Waals surface area contributed by atoms with Gasteiger partial charge in [0.25, 0.3) is 0 Å². The molecule has 0 radical (unpaired) electrons. The van der Waals surface area contributed by atoms with Crippen LogP contribution in [0, 0.1) is 6.92 Å². The highest BCUT2D eigenvalue weighted by atomic mass is 35.5. The third-order valence-corrected chi connectivity index (χ3v) is 4.25. The molecule has 3 nitrogen and oxygen atoms in total. The standard InChI is InChI=1S/C16H17ClN2OS/c1-12-4-2-10-18-16(12)19-15(20)5-3-11-21-14-8-6-13(17)7-9-14/h2,4,6-10H,3,5,11H2,1H3,(H,18,19,20). The molecule has 5 heteroatoms. The Morgan fingerprint density at radius 1 is 1.29 bits per heavy atom. The molecule has 0 saturated carbocycles. The molecule has 0 saturated heterocycles. The van der Waals surface area contributed by atoms with E-state index >= 15 is 0 Å². The number of amides is 1. The van der Waals surface area contributed by atoms with Crippen molar-refractivity contribution in [2.75, 3.05) is 11.1 Å². The topological polar surface area (TPSA) is 42.0 Å². The van der Waals surface area contributed by atoms with E-state index in [2.05, 4.69) is 10.3 Å². The summed E-state index contributed by atoms with van der Waals surface area (Å²) in [6.45, 7) is 1.93. The SMILES string of the molecule is Cc1cccnc1NC(=O)CCCSc1ccc(Cl)cc1. The van der Waals surface area contributed by atoms with Crippen LogP contribution in [0.5, 0.6) is 0 Å².